The minimum Gasteiger partial charge on any atom is -0.447 e. The number of nitrogens with zero attached hydrogens (tertiary/aromatic N) is 3. The van der Waals surface area contributed by atoms with E-state index in [9.17, 15) is 14.0 Å². The molecule has 0 N–H and O–H groups in total. The summed E-state index contributed by atoms with van der Waals surface area (Å²) in [6, 6.07) is 20.2. The number of benzene rings is 3. The molecule has 0 atom stereocenters. The Morgan fingerprint density at radius 2 is 1.63 bits per heavy atom. The van der Waals surface area contributed by atoms with Gasteiger partial charge in [-0.2, -0.15) is 9.78 Å². The fraction of sp³-hybridized carbons (Fsp3) is 0.0870. The van der Waals surface area contributed by atoms with E-state index in [0.29, 0.717) is 41.0 Å². The highest BCUT2D eigenvalue weighted by Crippen LogP contribution is 2.29. The molecule has 0 radical (unpaired) electrons. The van der Waals surface area contributed by atoms with E-state index in [4.69, 9.17) is 4.74 Å². The van der Waals surface area contributed by atoms with Crippen LogP contribution in [0.4, 0.5) is 14.9 Å². The number of halogens is 1. The molecule has 1 amide bonds. The quantitative estimate of drug-likeness (QED) is 0.517. The van der Waals surface area contributed by atoms with E-state index in [1.165, 1.54) is 28.9 Å². The highest BCUT2D eigenvalue weighted by molar-refractivity contribution is 5.96. The number of ether oxygens (including phenoxy) is 1. The van der Waals surface area contributed by atoms with Crippen LogP contribution in [0.3, 0.4) is 0 Å². The molecule has 1 aliphatic heterocycles. The number of rotatable bonds is 3. The van der Waals surface area contributed by atoms with Crippen molar-refractivity contribution in [3.63, 3.8) is 0 Å². The summed E-state index contributed by atoms with van der Waals surface area (Å²) in [4.78, 5) is 26.6. The maximum absolute atomic E-state index is 13.4. The second-order valence-corrected chi connectivity index (χ2v) is 6.90. The monoisotopic (exact) mass is 401 g/mol. The first-order valence-corrected chi connectivity index (χ1v) is 9.44. The molecule has 2 heterocycles. The molecule has 0 unspecified atom stereocenters. The number of anilines is 1. The van der Waals surface area contributed by atoms with Crippen LogP contribution in [0.2, 0.25) is 0 Å². The van der Waals surface area contributed by atoms with Crippen molar-refractivity contribution in [2.75, 3.05) is 18.1 Å². The van der Waals surface area contributed by atoms with Crippen LogP contribution in [0.25, 0.3) is 27.7 Å². The van der Waals surface area contributed by atoms with Crippen LogP contribution in [0, 0.1) is 5.82 Å². The third kappa shape index (κ3) is 3.00. The van der Waals surface area contributed by atoms with Crippen LogP contribution >= 0.6 is 0 Å². The van der Waals surface area contributed by atoms with E-state index in [0.717, 1.165) is 5.56 Å². The number of amides is 1. The van der Waals surface area contributed by atoms with Gasteiger partial charge in [-0.05, 0) is 42.5 Å². The van der Waals surface area contributed by atoms with Crippen molar-refractivity contribution in [1.82, 2.24) is 9.78 Å². The van der Waals surface area contributed by atoms with E-state index in [1.807, 2.05) is 36.4 Å². The molecule has 0 spiro atoms. The van der Waals surface area contributed by atoms with Crippen molar-refractivity contribution in [2.24, 2.45) is 0 Å². The molecule has 1 saturated heterocycles. The highest BCUT2D eigenvalue weighted by atomic mass is 19.1. The van der Waals surface area contributed by atoms with Gasteiger partial charge in [0.2, 0.25) is 0 Å². The van der Waals surface area contributed by atoms with Crippen molar-refractivity contribution >= 4 is 22.6 Å². The lowest BCUT2D eigenvalue weighted by Crippen LogP contribution is -2.23. The highest BCUT2D eigenvalue weighted by Gasteiger charge is 2.24. The van der Waals surface area contributed by atoms with Gasteiger partial charge >= 0.3 is 6.09 Å². The van der Waals surface area contributed by atoms with Crippen LogP contribution in [0.1, 0.15) is 0 Å². The largest absolute Gasteiger partial charge is 0.447 e. The molecule has 0 aliphatic carbocycles. The van der Waals surface area contributed by atoms with Crippen LogP contribution in [0.5, 0.6) is 0 Å². The van der Waals surface area contributed by atoms with Gasteiger partial charge in [0.1, 0.15) is 12.4 Å². The summed E-state index contributed by atoms with van der Waals surface area (Å²) in [7, 11) is 0. The number of fused-ring (bicyclic) bond motifs is 1. The van der Waals surface area contributed by atoms with E-state index in [1.54, 1.807) is 17.0 Å². The third-order valence-corrected chi connectivity index (χ3v) is 5.07. The van der Waals surface area contributed by atoms with Crippen molar-refractivity contribution < 1.29 is 13.9 Å². The van der Waals surface area contributed by atoms with Gasteiger partial charge in [0, 0.05) is 16.6 Å². The number of carbonyl (C=O) groups is 1. The summed E-state index contributed by atoms with van der Waals surface area (Å²) in [5, 5.41) is 5.80. The van der Waals surface area contributed by atoms with Crippen molar-refractivity contribution in [1.29, 1.82) is 0 Å². The summed E-state index contributed by atoms with van der Waals surface area (Å²) in [6.45, 7) is 0.825. The first kappa shape index (κ1) is 18.1. The van der Waals surface area contributed by atoms with Crippen molar-refractivity contribution in [3.05, 3.63) is 89.0 Å². The van der Waals surface area contributed by atoms with Crippen LogP contribution in [-0.2, 0) is 4.74 Å². The number of hydrogen-bond acceptors (Lipinski definition) is 4. The van der Waals surface area contributed by atoms with Crippen molar-refractivity contribution in [3.8, 4) is 16.9 Å². The molecular formula is C23H16FN3O3. The standard InChI is InChI=1S/C23H16FN3O3/c24-16-8-10-17(11-9-16)27-22(28)20-7-2-1-6-19(20)21(25-27)15-4-3-5-18(14-15)26-12-13-30-23(26)29/h1-11,14H,12-13H2. The number of cyclic esters (lactones) is 1. The first-order chi connectivity index (χ1) is 14.6. The Morgan fingerprint density at radius 3 is 2.37 bits per heavy atom. The van der Waals surface area contributed by atoms with E-state index >= 15 is 0 Å². The Kier molecular flexibility index (Phi) is 4.28. The smallest absolute Gasteiger partial charge is 0.414 e. The summed E-state index contributed by atoms with van der Waals surface area (Å²) in [5.74, 6) is -0.391. The Balaban J connectivity index is 1.73. The summed E-state index contributed by atoms with van der Waals surface area (Å²) < 4.78 is 19.7. The van der Waals surface area contributed by atoms with E-state index in [-0.39, 0.29) is 11.7 Å². The summed E-state index contributed by atoms with van der Waals surface area (Å²) >= 11 is 0. The van der Waals surface area contributed by atoms with Crippen LogP contribution in [-0.4, -0.2) is 29.0 Å². The second-order valence-electron chi connectivity index (χ2n) is 6.90. The van der Waals surface area contributed by atoms with Gasteiger partial charge in [-0.15, -0.1) is 0 Å². The molecule has 7 heteroatoms. The van der Waals surface area contributed by atoms with E-state index in [2.05, 4.69) is 5.10 Å². The first-order valence-electron chi connectivity index (χ1n) is 9.44. The predicted molar refractivity (Wildman–Crippen MR) is 111 cm³/mol. The molecular weight excluding hydrogens is 385 g/mol. The molecule has 1 fully saturated rings. The maximum Gasteiger partial charge on any atom is 0.414 e. The summed E-state index contributed by atoms with van der Waals surface area (Å²) in [5.41, 5.74) is 2.21. The minimum atomic E-state index is -0.391. The number of aromatic nitrogens is 2. The molecule has 4 aromatic rings. The van der Waals surface area contributed by atoms with Gasteiger partial charge in [-0.1, -0.05) is 30.3 Å². The van der Waals surface area contributed by atoms with Crippen LogP contribution in [0.15, 0.2) is 77.6 Å². The molecule has 5 rings (SSSR count). The molecule has 6 nitrogen and oxygen atoms in total. The SMILES string of the molecule is O=C1OCCN1c1cccc(-c2nn(-c3ccc(F)cc3)c(=O)c3ccccc23)c1. The van der Waals surface area contributed by atoms with Gasteiger partial charge in [0.15, 0.2) is 0 Å². The Hall–Kier alpha value is -4.00. The van der Waals surface area contributed by atoms with Crippen LogP contribution < -0.4 is 10.5 Å². The molecule has 1 aromatic heterocycles. The zero-order valence-electron chi connectivity index (χ0n) is 15.8. The average molecular weight is 401 g/mol. The van der Waals surface area contributed by atoms with Crippen molar-refractivity contribution in [2.45, 2.75) is 0 Å². The van der Waals surface area contributed by atoms with Gasteiger partial charge < -0.3 is 4.74 Å². The van der Waals surface area contributed by atoms with Gasteiger partial charge in [0.05, 0.1) is 23.3 Å². The zero-order chi connectivity index (χ0) is 20.7. The predicted octanol–water partition coefficient (Wildman–Crippen LogP) is 4.15. The molecule has 30 heavy (non-hydrogen) atoms. The van der Waals surface area contributed by atoms with Gasteiger partial charge in [-0.25, -0.2) is 9.18 Å². The normalized spacial score (nSPS) is 13.6. The Morgan fingerprint density at radius 1 is 0.867 bits per heavy atom. The molecule has 0 bridgehead atoms. The second kappa shape index (κ2) is 7.11. The average Bonchev–Trinajstić information content (AvgIpc) is 3.21. The zero-order valence-corrected chi connectivity index (χ0v) is 15.8. The molecule has 1 aliphatic rings. The minimum absolute atomic E-state index is 0.291. The maximum atomic E-state index is 13.4. The van der Waals surface area contributed by atoms with E-state index < -0.39 is 5.82 Å². The fourth-order valence-corrected chi connectivity index (χ4v) is 3.61. The molecule has 3 aromatic carbocycles. The molecule has 0 saturated carbocycles. The lowest BCUT2D eigenvalue weighted by atomic mass is 10.0. The summed E-state index contributed by atoms with van der Waals surface area (Å²) in [6.07, 6.45) is -0.388. The number of carbonyl (C=O) groups excluding carboxylic acids is 1. The topological polar surface area (TPSA) is 64.4 Å². The Bertz CT molecular complexity index is 1330. The third-order valence-electron chi connectivity index (χ3n) is 5.07. The molecule has 148 valence electrons. The van der Waals surface area contributed by atoms with Gasteiger partial charge in [-0.3, -0.25) is 9.69 Å². The fourth-order valence-electron chi connectivity index (χ4n) is 3.61. The lowest BCUT2D eigenvalue weighted by molar-refractivity contribution is 0.181. The lowest BCUT2D eigenvalue weighted by Gasteiger charge is -2.15. The number of hydrogen-bond donors (Lipinski definition) is 0. The van der Waals surface area contributed by atoms with Gasteiger partial charge in [0.25, 0.3) is 5.56 Å². The Labute approximate surface area is 170 Å².